The minimum absolute atomic E-state index is 0.0438. The summed E-state index contributed by atoms with van der Waals surface area (Å²) in [5, 5.41) is 33.4. The molecule has 326 valence electrons. The molecule has 0 aromatic heterocycles. The van der Waals surface area contributed by atoms with Gasteiger partial charge in [0.15, 0.2) is 12.6 Å². The molecule has 4 rings (SSSR count). The van der Waals surface area contributed by atoms with Gasteiger partial charge < -0.3 is 67.6 Å². The highest BCUT2D eigenvalue weighted by Crippen LogP contribution is 2.38. The van der Waals surface area contributed by atoms with Crippen molar-refractivity contribution in [3.8, 4) is 0 Å². The van der Waals surface area contributed by atoms with Crippen LogP contribution in [0.2, 0.25) is 0 Å². The van der Waals surface area contributed by atoms with Crippen LogP contribution >= 0.6 is 0 Å². The molecule has 4 aliphatic rings. The van der Waals surface area contributed by atoms with E-state index < -0.39 is 121 Å². The van der Waals surface area contributed by atoms with Crippen molar-refractivity contribution >= 4 is 24.2 Å². The van der Waals surface area contributed by atoms with Crippen molar-refractivity contribution < 1.29 is 77.1 Å². The van der Waals surface area contributed by atoms with Gasteiger partial charge in [0.05, 0.1) is 42.5 Å². The first-order chi connectivity index (χ1) is 26.8. The third-order valence-corrected chi connectivity index (χ3v) is 11.3. The first-order valence-corrected chi connectivity index (χ1v) is 20.0. The second-order valence-corrected chi connectivity index (χ2v) is 16.4. The van der Waals surface area contributed by atoms with Gasteiger partial charge in [-0.2, -0.15) is 0 Å². The lowest BCUT2D eigenvalue weighted by Gasteiger charge is -2.50. The fourth-order valence-electron chi connectivity index (χ4n) is 8.26. The summed E-state index contributed by atoms with van der Waals surface area (Å²) in [4.78, 5) is 52.7. The number of rotatable bonds is 11. The Morgan fingerprint density at radius 3 is 2.28 bits per heavy atom. The molecule has 4 heterocycles. The van der Waals surface area contributed by atoms with Crippen molar-refractivity contribution in [2.24, 2.45) is 11.8 Å². The topological polar surface area (TPSA) is 219 Å². The lowest BCUT2D eigenvalue weighted by Crippen LogP contribution is -2.65. The van der Waals surface area contributed by atoms with Crippen LogP contribution in [0.5, 0.6) is 0 Å². The van der Waals surface area contributed by atoms with Gasteiger partial charge in [0.2, 0.25) is 0 Å². The summed E-state index contributed by atoms with van der Waals surface area (Å²) in [6.45, 7) is 11.3. The molecular weight excluding hydrogens is 750 g/mol. The van der Waals surface area contributed by atoms with E-state index in [4.69, 9.17) is 42.6 Å². The Labute approximate surface area is 335 Å². The maximum atomic E-state index is 13.4. The predicted octanol–water partition coefficient (Wildman–Crippen LogP) is 1.59. The number of ether oxygens (including phenoxy) is 9. The average molecular weight is 816 g/mol. The van der Waals surface area contributed by atoms with Gasteiger partial charge in [0.1, 0.15) is 55.1 Å². The number of aliphatic hydroxyl groups excluding tert-OH is 2. The summed E-state index contributed by atoms with van der Waals surface area (Å²) in [5.74, 6) is -2.92. The molecule has 17 heteroatoms. The number of hydrogen-bond donors (Lipinski definition) is 3. The molecular formula is C40H65NO16. The fourth-order valence-corrected chi connectivity index (χ4v) is 8.26. The Morgan fingerprint density at radius 2 is 1.68 bits per heavy atom. The van der Waals surface area contributed by atoms with E-state index in [1.54, 1.807) is 52.8 Å². The van der Waals surface area contributed by atoms with Gasteiger partial charge in [-0.15, -0.1) is 0 Å². The quantitative estimate of drug-likeness (QED) is 0.0887. The van der Waals surface area contributed by atoms with Gasteiger partial charge in [0.25, 0.3) is 0 Å². The zero-order chi connectivity index (χ0) is 42.4. The van der Waals surface area contributed by atoms with Crippen LogP contribution in [-0.2, 0) is 61.8 Å². The molecule has 0 aromatic rings. The van der Waals surface area contributed by atoms with Crippen molar-refractivity contribution in [3.63, 3.8) is 0 Å². The second kappa shape index (κ2) is 20.6. The number of aldehydes is 1. The molecule has 4 aliphatic heterocycles. The molecule has 17 nitrogen and oxygen atoms in total. The molecule has 3 saturated heterocycles. The van der Waals surface area contributed by atoms with E-state index in [9.17, 15) is 34.5 Å². The second-order valence-electron chi connectivity index (χ2n) is 16.4. The summed E-state index contributed by atoms with van der Waals surface area (Å²) < 4.78 is 54.4. The fraction of sp³-hybridized carbons (Fsp3) is 0.850. The van der Waals surface area contributed by atoms with E-state index in [1.807, 2.05) is 13.0 Å². The number of fused-ring (bicyclic) bond motifs is 1. The van der Waals surface area contributed by atoms with Crippen molar-refractivity contribution in [2.75, 3.05) is 21.2 Å². The summed E-state index contributed by atoms with van der Waals surface area (Å²) in [7, 11) is 4.84. The Balaban J connectivity index is 1.73. The largest absolute Gasteiger partial charge is 0.462 e. The third kappa shape index (κ3) is 12.5. The highest BCUT2D eigenvalue weighted by atomic mass is 16.7. The normalized spacial score (nSPS) is 44.0. The molecule has 0 saturated carbocycles. The number of aliphatic hydroxyl groups is 3. The van der Waals surface area contributed by atoms with Gasteiger partial charge >= 0.3 is 17.9 Å². The van der Waals surface area contributed by atoms with Gasteiger partial charge in [-0.1, -0.05) is 19.9 Å². The molecule has 3 N–H and O–H groups in total. The minimum Gasteiger partial charge on any atom is -0.462 e. The van der Waals surface area contributed by atoms with Crippen LogP contribution in [0.1, 0.15) is 87.0 Å². The van der Waals surface area contributed by atoms with Crippen molar-refractivity contribution in [1.82, 2.24) is 4.90 Å². The summed E-state index contributed by atoms with van der Waals surface area (Å²) in [6.07, 6.45) is -8.08. The maximum absolute atomic E-state index is 13.4. The molecule has 0 unspecified atom stereocenters. The first-order valence-electron chi connectivity index (χ1n) is 20.0. The van der Waals surface area contributed by atoms with E-state index in [0.717, 1.165) is 0 Å². The zero-order valence-electron chi connectivity index (χ0n) is 34.9. The van der Waals surface area contributed by atoms with Crippen LogP contribution < -0.4 is 0 Å². The van der Waals surface area contributed by atoms with Crippen LogP contribution in [0, 0.1) is 11.8 Å². The summed E-state index contributed by atoms with van der Waals surface area (Å²) in [6, 6.07) is -0.776. The highest BCUT2D eigenvalue weighted by Gasteiger charge is 2.52. The Morgan fingerprint density at radius 1 is 0.982 bits per heavy atom. The Bertz CT molecular complexity index is 1380. The van der Waals surface area contributed by atoms with Crippen molar-refractivity contribution in [2.45, 2.75) is 184 Å². The molecule has 0 aliphatic carbocycles. The van der Waals surface area contributed by atoms with E-state index in [-0.39, 0.29) is 37.9 Å². The zero-order valence-corrected chi connectivity index (χ0v) is 34.9. The number of carbonyl (C=O) groups excluding carboxylic acids is 4. The van der Waals surface area contributed by atoms with Crippen LogP contribution in [0.3, 0.4) is 0 Å². The van der Waals surface area contributed by atoms with Crippen molar-refractivity contribution in [3.05, 3.63) is 12.2 Å². The van der Waals surface area contributed by atoms with Crippen molar-refractivity contribution in [1.29, 1.82) is 0 Å². The smallest absolute Gasteiger partial charge is 0.309 e. The van der Waals surface area contributed by atoms with E-state index in [1.165, 1.54) is 21.0 Å². The number of esters is 3. The van der Waals surface area contributed by atoms with Gasteiger partial charge in [-0.05, 0) is 66.1 Å². The van der Waals surface area contributed by atoms with E-state index in [2.05, 4.69) is 0 Å². The van der Waals surface area contributed by atoms with Crippen LogP contribution in [0.25, 0.3) is 0 Å². The van der Waals surface area contributed by atoms with Gasteiger partial charge in [0, 0.05) is 39.7 Å². The first kappa shape index (κ1) is 47.1. The van der Waals surface area contributed by atoms with E-state index in [0.29, 0.717) is 12.7 Å². The molecule has 0 spiro atoms. The highest BCUT2D eigenvalue weighted by molar-refractivity contribution is 5.72. The SMILES string of the molecule is CCC(=O)O[C@@H]1/C=C/[C@@H]2O[C@@H]2C[C@H](C)OC(=O)C[C@@H](OC(C)=O)[C@H](OC)[C@H](O[C@@H]2O[C@@H](C)[C@@H](O[C@@H]3C[C@](C)(O)[C@H](O)[C@@H](C)O3)[C@H](N(C)C)[C@@H]2O)[C@@H](CC=O)C[C@@H]1C. The third-order valence-electron chi connectivity index (χ3n) is 11.3. The maximum Gasteiger partial charge on any atom is 0.309 e. The monoisotopic (exact) mass is 815 g/mol. The van der Waals surface area contributed by atoms with Crippen LogP contribution in [-0.4, -0.2) is 163 Å². The molecule has 0 bridgehead atoms. The lowest BCUT2D eigenvalue weighted by atomic mass is 9.82. The molecule has 3 fully saturated rings. The molecule has 0 radical (unpaired) electrons. The van der Waals surface area contributed by atoms with E-state index >= 15 is 0 Å². The predicted molar refractivity (Wildman–Crippen MR) is 200 cm³/mol. The van der Waals surface area contributed by atoms with Crippen LogP contribution in [0.15, 0.2) is 12.2 Å². The summed E-state index contributed by atoms with van der Waals surface area (Å²) in [5.41, 5.74) is -1.50. The number of epoxide rings is 1. The molecule has 0 amide bonds. The summed E-state index contributed by atoms with van der Waals surface area (Å²) >= 11 is 0. The van der Waals surface area contributed by atoms with Gasteiger partial charge in [-0.25, -0.2) is 0 Å². The molecule has 18 atom stereocenters. The lowest BCUT2D eigenvalue weighted by molar-refractivity contribution is -0.344. The minimum atomic E-state index is -1.50. The Hall–Kier alpha value is -2.58. The molecule has 57 heavy (non-hydrogen) atoms. The number of methoxy groups -OCH3 is 1. The molecule has 0 aromatic carbocycles. The average Bonchev–Trinajstić information content (AvgIpc) is 3.86. The number of hydrogen-bond acceptors (Lipinski definition) is 17. The van der Waals surface area contributed by atoms with Gasteiger partial charge in [-0.3, -0.25) is 14.4 Å². The number of likely N-dealkylation sites (N-methyl/N-ethyl adjacent to an activating group) is 1. The number of nitrogens with zero attached hydrogens (tertiary/aromatic N) is 1. The number of cyclic esters (lactones) is 1. The standard InChI is InChI=1S/C40H65NO16/c1-11-30(44)55-26-12-13-27-28(54-27)17-21(3)50-31(45)18-29(53-24(6)43)37(49-10)36(25(14-15-42)16-20(26)2)57-39-34(46)33(41(8)9)35(22(4)52-39)56-32-19-40(7,48)38(47)23(5)51-32/h12-13,15,20-23,25-29,32-39,46-48H,11,14,16-19H2,1-10H3/b13-12+/t20-,21-,22-,23+,25-,26+,27-,28+,29+,32+,33+,34-,35+,36+,37-,38+,39-,40-/m0/s1. The number of carbonyl (C=O) groups is 4. The Kier molecular flexibility index (Phi) is 17.0. The van der Waals surface area contributed by atoms with Crippen LogP contribution in [0.4, 0.5) is 0 Å².